The first-order valence-corrected chi connectivity index (χ1v) is 37.2. The van der Waals surface area contributed by atoms with Crippen LogP contribution in [0, 0.1) is 13.8 Å². The van der Waals surface area contributed by atoms with Crippen molar-refractivity contribution in [3.05, 3.63) is 335 Å². The van der Waals surface area contributed by atoms with Gasteiger partial charge in [0.1, 0.15) is 0 Å². The summed E-state index contributed by atoms with van der Waals surface area (Å²) < 4.78 is 184. The number of pyridine rings is 2. The zero-order valence-corrected chi connectivity index (χ0v) is 64.9. The second-order valence-electron chi connectivity index (χ2n) is 27.9. The number of carboxylic acids is 2. The number of amides is 4. The van der Waals surface area contributed by atoms with Gasteiger partial charge in [-0.1, -0.05) is 183 Å². The predicted molar refractivity (Wildman–Crippen MR) is 422 cm³/mol. The number of hydrogen-bond acceptors (Lipinski definition) is 10. The third kappa shape index (κ3) is 15.3. The summed E-state index contributed by atoms with van der Waals surface area (Å²) in [7, 11) is 1.05. The first kappa shape index (κ1) is 83.1. The molecule has 4 heterocycles. The van der Waals surface area contributed by atoms with E-state index in [1.165, 1.54) is 31.2 Å². The number of aryl methyl sites for hydroxylation is 2. The average molecular weight is 1740 g/mol. The summed E-state index contributed by atoms with van der Waals surface area (Å²) in [4.78, 5) is 114. The fourth-order valence-corrected chi connectivity index (χ4v) is 15.0. The van der Waals surface area contributed by atoms with Gasteiger partial charge in [-0.25, -0.2) is 24.5 Å². The highest BCUT2D eigenvalue weighted by Crippen LogP contribution is 2.59. The molecule has 118 heavy (non-hydrogen) atoms. The van der Waals surface area contributed by atoms with Crippen LogP contribution in [0.25, 0.3) is 67.3 Å². The van der Waals surface area contributed by atoms with E-state index in [0.717, 1.165) is 72.6 Å². The van der Waals surface area contributed by atoms with Crippen LogP contribution in [0.1, 0.15) is 135 Å². The standard InChI is InChI=1S/C46H32BrF6NO6.C44H26BrF6N3O4/c1-3-40(55)36-23-31(14-18-34(36)42(57)58)44(45(48,49)50,46(51,52)53)32-15-19-35(43(59)60)37(24-32)41(56)20-26-6-10-29(11-7-26)39-22-30(27-12-16-33(47)17-13-27)21-38(54-39)28-8-4-25(2)5-9-28;1-23-3-5-25(6-4-23)36-19-27(24-7-13-30(45)14-8-24)20-37(52-36)26-9-15-31(16-10-26)54-40(57)33-18-12-29(22-35(33)41(54)58)42(43(46,47)48,44(49,50)51)28-11-17-32-34(21-28)39(56)53(2)38(32)55/h4-19,21-24H,3,20H2,1-2H3,(H,57,58)(H,59,60);3-22H,1-2H3. The van der Waals surface area contributed by atoms with E-state index in [4.69, 9.17) is 9.97 Å². The first-order chi connectivity index (χ1) is 55.6. The number of carboxylic acid groups (broad SMARTS) is 2. The lowest BCUT2D eigenvalue weighted by Crippen LogP contribution is -2.55. The Kier molecular flexibility index (Phi) is 22.3. The number of ketones is 2. The van der Waals surface area contributed by atoms with Crippen molar-refractivity contribution < 1.29 is 101 Å². The molecule has 0 bridgehead atoms. The van der Waals surface area contributed by atoms with Crippen LogP contribution in [-0.4, -0.2) is 104 Å². The molecule has 10 aromatic carbocycles. The van der Waals surface area contributed by atoms with Crippen molar-refractivity contribution in [2.75, 3.05) is 11.9 Å². The van der Waals surface area contributed by atoms with E-state index in [9.17, 15) is 48.6 Å². The van der Waals surface area contributed by atoms with Gasteiger partial charge in [-0.3, -0.25) is 33.7 Å². The number of nitrogens with zero attached hydrogens (tertiary/aromatic N) is 4. The fourth-order valence-electron chi connectivity index (χ4n) is 14.4. The molecule has 0 fully saturated rings. The molecule has 2 aromatic heterocycles. The number of fused-ring (bicyclic) bond motifs is 2. The maximum atomic E-state index is 15.2. The van der Waals surface area contributed by atoms with Crippen LogP contribution in [0.5, 0.6) is 0 Å². The van der Waals surface area contributed by atoms with Gasteiger partial charge in [0, 0.05) is 62.2 Å². The van der Waals surface area contributed by atoms with E-state index in [-0.39, 0.29) is 28.9 Å². The minimum absolute atomic E-state index is 0.0168. The molecule has 14 rings (SSSR count). The Morgan fingerprint density at radius 3 is 1.02 bits per heavy atom. The van der Waals surface area contributed by atoms with Gasteiger partial charge in [0.25, 0.3) is 23.6 Å². The second-order valence-corrected chi connectivity index (χ2v) is 29.7. The van der Waals surface area contributed by atoms with Crippen molar-refractivity contribution in [2.24, 2.45) is 0 Å². The summed E-state index contributed by atoms with van der Waals surface area (Å²) >= 11 is 6.90. The lowest BCUT2D eigenvalue weighted by atomic mass is 9.71. The van der Waals surface area contributed by atoms with Gasteiger partial charge in [0.2, 0.25) is 10.8 Å². The van der Waals surface area contributed by atoms with Crippen LogP contribution in [0.15, 0.2) is 252 Å². The first-order valence-electron chi connectivity index (χ1n) is 35.6. The van der Waals surface area contributed by atoms with Crippen LogP contribution < -0.4 is 4.90 Å². The minimum atomic E-state index is -6.20. The summed E-state index contributed by atoms with van der Waals surface area (Å²) in [5.74, 6) is -9.72. The minimum Gasteiger partial charge on any atom is -0.478 e. The predicted octanol–water partition coefficient (Wildman–Crippen LogP) is 22.6. The molecule has 0 atom stereocenters. The second kappa shape index (κ2) is 31.7. The lowest BCUT2D eigenvalue weighted by molar-refractivity contribution is -0.290. The van der Waals surface area contributed by atoms with Gasteiger partial charge in [0.15, 0.2) is 11.6 Å². The molecule has 14 nitrogen and oxygen atoms in total. The smallest absolute Gasteiger partial charge is 0.411 e. The van der Waals surface area contributed by atoms with E-state index < -0.39 is 157 Å². The van der Waals surface area contributed by atoms with E-state index >= 15 is 52.7 Å². The third-order valence-electron chi connectivity index (χ3n) is 20.6. The number of hydrogen-bond donors (Lipinski definition) is 2. The van der Waals surface area contributed by atoms with Crippen molar-refractivity contribution in [3.8, 4) is 67.3 Å². The third-order valence-corrected chi connectivity index (χ3v) is 21.6. The Bertz CT molecular complexity index is 5940. The molecular weight excluding hydrogens is 1680 g/mol. The molecule has 4 amide bonds. The van der Waals surface area contributed by atoms with Gasteiger partial charge < -0.3 is 10.2 Å². The number of halogens is 14. The molecule has 0 saturated heterocycles. The molecule has 2 aliphatic rings. The van der Waals surface area contributed by atoms with Gasteiger partial charge in [-0.15, -0.1) is 0 Å². The zero-order valence-electron chi connectivity index (χ0n) is 61.7. The van der Waals surface area contributed by atoms with Crippen LogP contribution >= 0.6 is 31.9 Å². The van der Waals surface area contributed by atoms with Crippen LogP contribution in [0.4, 0.5) is 58.4 Å². The van der Waals surface area contributed by atoms with E-state index in [1.807, 2.05) is 135 Å². The Labute approximate surface area is 680 Å². The average Bonchev–Trinajstić information content (AvgIpc) is 1.10. The summed E-state index contributed by atoms with van der Waals surface area (Å²) in [6, 6.07) is 56.4. The number of alkyl halides is 12. The highest BCUT2D eigenvalue weighted by molar-refractivity contribution is 9.10. The van der Waals surface area contributed by atoms with Gasteiger partial charge >= 0.3 is 36.6 Å². The lowest BCUT2D eigenvalue weighted by Gasteiger charge is -2.38. The van der Waals surface area contributed by atoms with Gasteiger partial charge in [0.05, 0.1) is 61.8 Å². The van der Waals surface area contributed by atoms with E-state index in [0.29, 0.717) is 92.2 Å². The van der Waals surface area contributed by atoms with Crippen molar-refractivity contribution in [1.82, 2.24) is 14.9 Å². The monoisotopic (exact) mass is 1740 g/mol. The molecule has 2 N–H and O–H groups in total. The molecule has 0 radical (unpaired) electrons. The molecule has 28 heteroatoms. The summed E-state index contributed by atoms with van der Waals surface area (Å²) in [5, 5.41) is 19.5. The quantitative estimate of drug-likeness (QED) is 0.0467. The maximum absolute atomic E-state index is 15.2. The molecule has 12 aromatic rings. The fraction of sp³-hybridized carbons (Fsp3) is 0.133. The Hall–Kier alpha value is -12.8. The molecular formula is C90H58Br2F12N4O10. The number of benzene rings is 10. The highest BCUT2D eigenvalue weighted by atomic mass is 79.9. The van der Waals surface area contributed by atoms with Crippen molar-refractivity contribution in [1.29, 1.82) is 0 Å². The number of anilines is 1. The van der Waals surface area contributed by atoms with Crippen molar-refractivity contribution in [2.45, 2.75) is 69.1 Å². The molecule has 0 aliphatic carbocycles. The number of imide groups is 2. The van der Waals surface area contributed by atoms with Crippen molar-refractivity contribution >= 4 is 84.7 Å². The normalized spacial score (nSPS) is 13.1. The Balaban J connectivity index is 0.000000205. The Morgan fingerprint density at radius 1 is 0.347 bits per heavy atom. The number of carbonyl (C=O) groups is 8. The zero-order chi connectivity index (χ0) is 85.2. The summed E-state index contributed by atoms with van der Waals surface area (Å²) in [6.45, 7) is 5.18. The Morgan fingerprint density at radius 2 is 0.653 bits per heavy atom. The molecule has 2 aliphatic heterocycles. The number of aromatic carboxylic acids is 2. The van der Waals surface area contributed by atoms with Gasteiger partial charge in [-0.2, -0.15) is 52.7 Å². The van der Waals surface area contributed by atoms with Crippen LogP contribution in [-0.2, 0) is 17.3 Å². The number of Topliss-reactive ketones (excluding diaryl/α,β-unsaturated/α-hetero) is 2. The number of rotatable bonds is 18. The number of carbonyl (C=O) groups excluding carboxylic acids is 6. The molecule has 0 unspecified atom stereocenters. The SMILES string of the molecule is CCC(=O)c1cc(C(c2ccc(C(=O)O)c(C(=O)Cc3ccc(-c4cc(-c5ccc(Br)cc5)cc(-c5ccc(C)cc5)n4)cc3)c2)(C(F)(F)F)C(F)(F)F)ccc1C(=O)O.Cc1ccc(-c2cc(-c3ccc(Br)cc3)cc(-c3ccc(N4C(=O)c5ccc(C(c6ccc7c(c6)C(=O)N(C)C7=O)(C(F)(F)F)C(F)(F)F)cc5C4=O)cc3)n2)cc1. The van der Waals surface area contributed by atoms with Crippen molar-refractivity contribution in [3.63, 3.8) is 0 Å². The van der Waals surface area contributed by atoms with E-state index in [2.05, 4.69) is 31.9 Å². The molecule has 0 saturated carbocycles. The maximum Gasteiger partial charge on any atom is 0.411 e. The summed E-state index contributed by atoms with van der Waals surface area (Å²) in [6.07, 6.45) is -25.6. The largest absolute Gasteiger partial charge is 0.478 e. The highest BCUT2D eigenvalue weighted by Gasteiger charge is 2.74. The molecule has 596 valence electrons. The van der Waals surface area contributed by atoms with Gasteiger partial charge in [-0.05, 0) is 173 Å². The van der Waals surface area contributed by atoms with Crippen LogP contribution in [0.2, 0.25) is 0 Å². The van der Waals surface area contributed by atoms with Crippen LogP contribution in [0.3, 0.4) is 0 Å². The number of aromatic nitrogens is 2. The molecule has 0 spiro atoms. The topological polar surface area (TPSA) is 209 Å². The van der Waals surface area contributed by atoms with E-state index in [1.54, 1.807) is 24.3 Å². The summed E-state index contributed by atoms with van der Waals surface area (Å²) in [5.41, 5.74) is -9.85.